The summed E-state index contributed by atoms with van der Waals surface area (Å²) in [5, 5.41) is 2.13. The van der Waals surface area contributed by atoms with Crippen LogP contribution < -0.4 is 4.74 Å². The van der Waals surface area contributed by atoms with Gasteiger partial charge in [0.1, 0.15) is 11.4 Å². The van der Waals surface area contributed by atoms with E-state index in [1.165, 1.54) is 32.8 Å². The van der Waals surface area contributed by atoms with E-state index in [0.717, 1.165) is 48.3 Å². The van der Waals surface area contributed by atoms with Crippen LogP contribution in [0.5, 0.6) is 5.75 Å². The predicted octanol–water partition coefficient (Wildman–Crippen LogP) is 6.79. The van der Waals surface area contributed by atoms with Crippen LogP contribution in [0.1, 0.15) is 55.7 Å². The van der Waals surface area contributed by atoms with Crippen molar-refractivity contribution in [1.82, 2.24) is 9.47 Å². The van der Waals surface area contributed by atoms with Gasteiger partial charge in [0.2, 0.25) is 0 Å². The van der Waals surface area contributed by atoms with E-state index in [-0.39, 0.29) is 18.1 Å². The van der Waals surface area contributed by atoms with Gasteiger partial charge in [0.15, 0.2) is 0 Å². The molecule has 0 unspecified atom stereocenters. The third kappa shape index (κ3) is 3.52. The van der Waals surface area contributed by atoms with Crippen molar-refractivity contribution in [1.29, 1.82) is 0 Å². The Morgan fingerprint density at radius 3 is 2.59 bits per heavy atom. The van der Waals surface area contributed by atoms with Crippen molar-refractivity contribution in [3.8, 4) is 27.4 Å². The van der Waals surface area contributed by atoms with E-state index in [0.29, 0.717) is 0 Å². The number of nitrogens with zero attached hydrogens (tertiary/aromatic N) is 2. The molecule has 0 radical (unpaired) electrons. The first-order valence-corrected chi connectivity index (χ1v) is 13.1. The van der Waals surface area contributed by atoms with E-state index in [4.69, 9.17) is 4.74 Å². The molecule has 6 heteroatoms. The van der Waals surface area contributed by atoms with Crippen molar-refractivity contribution < 1.29 is 9.53 Å². The molecule has 168 valence electrons. The van der Waals surface area contributed by atoms with Crippen LogP contribution >= 0.6 is 27.3 Å². The molecule has 0 spiro atoms. The molecule has 2 aliphatic rings. The number of fused-ring (bicyclic) bond motifs is 5. The fourth-order valence-corrected chi connectivity index (χ4v) is 6.34. The van der Waals surface area contributed by atoms with Gasteiger partial charge in [-0.25, -0.2) is 0 Å². The van der Waals surface area contributed by atoms with Crippen molar-refractivity contribution in [2.24, 2.45) is 0 Å². The number of aromatic nitrogens is 1. The number of aryl methyl sites for hydroxylation is 1. The third-order valence-electron chi connectivity index (χ3n) is 6.42. The minimum Gasteiger partial charge on any atom is -0.490 e. The number of carbonyl (C=O) groups is 1. The number of hydrogen-bond acceptors (Lipinski definition) is 3. The number of carbonyl (C=O) groups excluding carboxylic acids is 1. The van der Waals surface area contributed by atoms with Crippen molar-refractivity contribution in [3.05, 3.63) is 50.9 Å². The molecular formula is C26H29BrN2O2S. The summed E-state index contributed by atoms with van der Waals surface area (Å²) in [6, 6.07) is 8.87. The van der Waals surface area contributed by atoms with E-state index >= 15 is 0 Å². The molecule has 2 aromatic heterocycles. The van der Waals surface area contributed by atoms with Crippen LogP contribution in [0, 0.1) is 0 Å². The lowest BCUT2D eigenvalue weighted by atomic mass is 9.94. The standard InChI is InChI=1S/C26H29BrN2O2S/c1-15(2)28-10-5-7-18-23(22-8-6-12-32-22)24-19-14-20(27)21(31-16(3)4)13-17(19)9-11-29(24)25(18)26(28)30/h6,8,12-16H,5,7,9-11H2,1-4H3. The topological polar surface area (TPSA) is 34.5 Å². The maximum Gasteiger partial charge on any atom is 0.271 e. The number of benzene rings is 1. The fourth-order valence-electron chi connectivity index (χ4n) is 5.10. The van der Waals surface area contributed by atoms with Crippen LogP contribution in [0.4, 0.5) is 0 Å². The van der Waals surface area contributed by atoms with Gasteiger partial charge in [0.05, 0.1) is 16.3 Å². The highest BCUT2D eigenvalue weighted by Gasteiger charge is 2.36. The molecule has 0 atom stereocenters. The largest absolute Gasteiger partial charge is 0.490 e. The summed E-state index contributed by atoms with van der Waals surface area (Å²) in [7, 11) is 0. The monoisotopic (exact) mass is 512 g/mol. The smallest absolute Gasteiger partial charge is 0.271 e. The summed E-state index contributed by atoms with van der Waals surface area (Å²) < 4.78 is 9.32. The van der Waals surface area contributed by atoms with Crippen LogP contribution in [-0.2, 0) is 19.4 Å². The number of hydrogen-bond donors (Lipinski definition) is 0. The highest BCUT2D eigenvalue weighted by atomic mass is 79.9. The zero-order chi connectivity index (χ0) is 22.6. The van der Waals surface area contributed by atoms with Crippen molar-refractivity contribution in [2.75, 3.05) is 6.54 Å². The fraction of sp³-hybridized carbons (Fsp3) is 0.423. The normalized spacial score (nSPS) is 15.6. The average molecular weight is 514 g/mol. The number of rotatable bonds is 4. The molecule has 1 amide bonds. The van der Waals surface area contributed by atoms with Gasteiger partial charge in [-0.3, -0.25) is 4.79 Å². The van der Waals surface area contributed by atoms with E-state index in [1.54, 1.807) is 11.3 Å². The summed E-state index contributed by atoms with van der Waals surface area (Å²) in [4.78, 5) is 17.1. The van der Waals surface area contributed by atoms with Crippen molar-refractivity contribution in [3.63, 3.8) is 0 Å². The van der Waals surface area contributed by atoms with Crippen LogP contribution in [0.15, 0.2) is 34.1 Å². The van der Waals surface area contributed by atoms with E-state index in [9.17, 15) is 4.79 Å². The van der Waals surface area contributed by atoms with Gasteiger partial charge in [-0.15, -0.1) is 11.3 Å². The lowest BCUT2D eigenvalue weighted by molar-refractivity contribution is 0.0701. The molecular weight excluding hydrogens is 484 g/mol. The van der Waals surface area contributed by atoms with E-state index in [2.05, 4.69) is 77.8 Å². The predicted molar refractivity (Wildman–Crippen MR) is 135 cm³/mol. The van der Waals surface area contributed by atoms with Gasteiger partial charge < -0.3 is 14.2 Å². The van der Waals surface area contributed by atoms with Gasteiger partial charge in [-0.05, 0) is 97.6 Å². The first-order valence-electron chi connectivity index (χ1n) is 11.5. The first kappa shape index (κ1) is 21.8. The second kappa shape index (κ2) is 8.38. The molecule has 4 heterocycles. The lowest BCUT2D eigenvalue weighted by Gasteiger charge is -2.28. The molecule has 0 N–H and O–H groups in total. The third-order valence-corrected chi connectivity index (χ3v) is 7.93. The summed E-state index contributed by atoms with van der Waals surface area (Å²) >= 11 is 5.50. The second-order valence-electron chi connectivity index (χ2n) is 9.23. The molecule has 1 aromatic carbocycles. The van der Waals surface area contributed by atoms with Crippen LogP contribution in [0.25, 0.3) is 21.7 Å². The quantitative estimate of drug-likeness (QED) is 0.385. The van der Waals surface area contributed by atoms with E-state index < -0.39 is 0 Å². The molecule has 4 nitrogen and oxygen atoms in total. The highest BCUT2D eigenvalue weighted by Crippen LogP contribution is 2.47. The summed E-state index contributed by atoms with van der Waals surface area (Å²) in [5.74, 6) is 1.07. The Morgan fingerprint density at radius 2 is 1.91 bits per heavy atom. The molecule has 0 saturated heterocycles. The zero-order valence-electron chi connectivity index (χ0n) is 19.1. The maximum atomic E-state index is 13.8. The Kier molecular flexibility index (Phi) is 5.70. The molecule has 3 aromatic rings. The summed E-state index contributed by atoms with van der Waals surface area (Å²) in [6.45, 7) is 9.97. The van der Waals surface area contributed by atoms with Gasteiger partial charge >= 0.3 is 0 Å². The Bertz CT molecular complexity index is 1180. The van der Waals surface area contributed by atoms with Crippen LogP contribution in [0.2, 0.25) is 0 Å². The Labute approximate surface area is 202 Å². The SMILES string of the molecule is CC(C)Oc1cc2c(cc1Br)-c1c(-c3cccs3)c3c(n1CC2)C(=O)N(C(C)C)CCC3. The number of thiophene rings is 1. The molecule has 5 rings (SSSR count). The van der Waals surface area contributed by atoms with Crippen molar-refractivity contribution >= 4 is 33.2 Å². The minimum absolute atomic E-state index is 0.120. The minimum atomic E-state index is 0.120. The first-order chi connectivity index (χ1) is 15.4. The molecule has 0 aliphatic carbocycles. The van der Waals surface area contributed by atoms with Crippen LogP contribution in [-0.4, -0.2) is 34.1 Å². The Balaban J connectivity index is 1.77. The number of halogens is 1. The van der Waals surface area contributed by atoms with Crippen molar-refractivity contribution in [2.45, 2.75) is 65.6 Å². The molecule has 32 heavy (non-hydrogen) atoms. The molecule has 2 aliphatic heterocycles. The van der Waals surface area contributed by atoms with Gasteiger partial charge in [-0.1, -0.05) is 6.07 Å². The summed E-state index contributed by atoms with van der Waals surface area (Å²) in [5.41, 5.74) is 7.06. The average Bonchev–Trinajstić information content (AvgIpc) is 3.32. The number of ether oxygens (including phenoxy) is 1. The van der Waals surface area contributed by atoms with Gasteiger partial charge in [0, 0.05) is 35.1 Å². The molecule has 0 fully saturated rings. The zero-order valence-corrected chi connectivity index (χ0v) is 21.5. The van der Waals surface area contributed by atoms with E-state index in [1.807, 2.05) is 4.90 Å². The number of amides is 1. The Morgan fingerprint density at radius 1 is 1.09 bits per heavy atom. The maximum absolute atomic E-state index is 13.8. The van der Waals surface area contributed by atoms with Gasteiger partial charge in [0.25, 0.3) is 5.91 Å². The molecule has 0 saturated carbocycles. The molecule has 0 bridgehead atoms. The lowest BCUT2D eigenvalue weighted by Crippen LogP contribution is -2.38. The Hall–Kier alpha value is -2.05. The van der Waals surface area contributed by atoms with Crippen LogP contribution in [0.3, 0.4) is 0 Å². The summed E-state index contributed by atoms with van der Waals surface area (Å²) in [6.07, 6.45) is 2.94. The highest BCUT2D eigenvalue weighted by molar-refractivity contribution is 9.10. The second-order valence-corrected chi connectivity index (χ2v) is 11.0. The van der Waals surface area contributed by atoms with Gasteiger partial charge in [-0.2, -0.15) is 0 Å².